The maximum Gasteiger partial charge on any atom is 0.412 e. The fourth-order valence-corrected chi connectivity index (χ4v) is 4.53. The van der Waals surface area contributed by atoms with Gasteiger partial charge in [-0.25, -0.2) is 9.59 Å². The average Bonchev–Trinajstić information content (AvgIpc) is 3.31. The number of ketones is 2. The molecule has 1 aromatic carbocycles. The Hall–Kier alpha value is -4.09. The third kappa shape index (κ3) is 10.1. The van der Waals surface area contributed by atoms with Gasteiger partial charge >= 0.3 is 12.1 Å². The Morgan fingerprint density at radius 2 is 1.76 bits per heavy atom. The van der Waals surface area contributed by atoms with E-state index in [2.05, 4.69) is 15.6 Å². The maximum atomic E-state index is 13.1. The molecule has 0 aliphatic rings. The lowest BCUT2D eigenvalue weighted by Crippen LogP contribution is -2.39. The van der Waals surface area contributed by atoms with Gasteiger partial charge in [-0.15, -0.1) is 11.3 Å². The molecule has 3 rings (SSSR count). The van der Waals surface area contributed by atoms with E-state index >= 15 is 0 Å². The molecule has 0 saturated heterocycles. The van der Waals surface area contributed by atoms with E-state index in [1.165, 1.54) is 18.3 Å². The molecule has 41 heavy (non-hydrogen) atoms. The van der Waals surface area contributed by atoms with Crippen LogP contribution in [0.3, 0.4) is 0 Å². The lowest BCUT2D eigenvalue weighted by Gasteiger charge is -2.25. The van der Waals surface area contributed by atoms with Crippen molar-refractivity contribution in [3.8, 4) is 0 Å². The fourth-order valence-electron chi connectivity index (χ4n) is 3.74. The minimum Gasteiger partial charge on any atom is -0.444 e. The third-order valence-electron chi connectivity index (χ3n) is 5.84. The highest BCUT2D eigenvalue weighted by molar-refractivity contribution is 7.08. The molecule has 0 saturated carbocycles. The van der Waals surface area contributed by atoms with Gasteiger partial charge in [-0.2, -0.15) is 0 Å². The van der Waals surface area contributed by atoms with Crippen LogP contribution in [0, 0.1) is 0 Å². The first kappa shape index (κ1) is 31.4. The van der Waals surface area contributed by atoms with Gasteiger partial charge in [-0.3, -0.25) is 19.9 Å². The molecule has 3 aromatic rings. The van der Waals surface area contributed by atoms with Crippen LogP contribution in [-0.2, 0) is 17.7 Å². The zero-order chi connectivity index (χ0) is 30.2. The van der Waals surface area contributed by atoms with E-state index in [1.54, 1.807) is 73.6 Å². The molecule has 0 bridgehead atoms. The van der Waals surface area contributed by atoms with Crippen molar-refractivity contribution in [2.75, 3.05) is 37.8 Å². The van der Waals surface area contributed by atoms with Crippen molar-refractivity contribution in [1.82, 2.24) is 14.8 Å². The van der Waals surface area contributed by atoms with E-state index in [-0.39, 0.29) is 36.3 Å². The van der Waals surface area contributed by atoms with Crippen molar-refractivity contribution < 1.29 is 23.9 Å². The Balaban J connectivity index is 1.66. The van der Waals surface area contributed by atoms with E-state index in [9.17, 15) is 19.2 Å². The number of ether oxygens (including phenoxy) is 1. The number of Topliss-reactive ketones (excluding diaryl/α,β-unsaturated/α-hetero) is 2. The number of rotatable bonds is 11. The molecule has 0 spiro atoms. The van der Waals surface area contributed by atoms with Gasteiger partial charge in [-0.1, -0.05) is 18.2 Å². The summed E-state index contributed by atoms with van der Waals surface area (Å²) in [5, 5.41) is 9.14. The molecule has 2 heterocycles. The van der Waals surface area contributed by atoms with E-state index in [0.717, 1.165) is 5.56 Å². The van der Waals surface area contributed by atoms with E-state index in [0.29, 0.717) is 35.6 Å². The highest BCUT2D eigenvalue weighted by Crippen LogP contribution is 2.24. The first-order valence-corrected chi connectivity index (χ1v) is 14.1. The number of nitrogens with one attached hydrogen (secondary N) is 2. The van der Waals surface area contributed by atoms with Crippen molar-refractivity contribution in [2.45, 2.75) is 46.3 Å². The number of amides is 3. The predicted octanol–water partition coefficient (Wildman–Crippen LogP) is 5.71. The van der Waals surface area contributed by atoms with Crippen LogP contribution in [0.1, 0.15) is 59.7 Å². The van der Waals surface area contributed by atoms with Crippen LogP contribution in [0.4, 0.5) is 21.0 Å². The molecule has 3 amide bonds. The number of carbonyl (C=O) groups excluding carboxylic acids is 4. The van der Waals surface area contributed by atoms with Gasteiger partial charge in [0.05, 0.1) is 5.69 Å². The Morgan fingerprint density at radius 3 is 2.39 bits per heavy atom. The maximum absolute atomic E-state index is 13.1. The normalized spacial score (nSPS) is 11.2. The van der Waals surface area contributed by atoms with Gasteiger partial charge < -0.3 is 19.9 Å². The Bertz CT molecular complexity index is 1380. The summed E-state index contributed by atoms with van der Waals surface area (Å²) in [5.41, 5.74) is 2.67. The Labute approximate surface area is 244 Å². The lowest BCUT2D eigenvalue weighted by atomic mass is 10.1. The van der Waals surface area contributed by atoms with Crippen molar-refractivity contribution in [1.29, 1.82) is 0 Å². The number of hydrogen-bond acceptors (Lipinski definition) is 8. The lowest BCUT2D eigenvalue weighted by molar-refractivity contribution is 0.0635. The first-order valence-electron chi connectivity index (χ1n) is 13.2. The van der Waals surface area contributed by atoms with Crippen molar-refractivity contribution in [3.63, 3.8) is 0 Å². The standard InChI is InChI=1S/C30H37N5O5S/c1-20(36)22-8-7-9-24(14-22)32-28(38)35(13-12-34(5)6)17-21-10-11-25(31-16-21)27(37)15-23-18-41-19-26(23)33-29(39)40-30(2,3)4/h7-11,14,16,18-19H,12-13,15,17H2,1-6H3,(H,32,38)(H,33,39). The van der Waals surface area contributed by atoms with Gasteiger partial charge in [-0.05, 0) is 76.5 Å². The summed E-state index contributed by atoms with van der Waals surface area (Å²) >= 11 is 1.38. The van der Waals surface area contributed by atoms with Gasteiger partial charge in [0.1, 0.15) is 11.3 Å². The molecular formula is C30H37N5O5S. The Kier molecular flexibility index (Phi) is 10.7. The number of thiophene rings is 1. The molecule has 0 aliphatic heterocycles. The number of urea groups is 1. The summed E-state index contributed by atoms with van der Waals surface area (Å²) in [5.74, 6) is -0.282. The number of anilines is 2. The smallest absolute Gasteiger partial charge is 0.412 e. The van der Waals surface area contributed by atoms with Crippen molar-refractivity contribution in [2.24, 2.45) is 0 Å². The largest absolute Gasteiger partial charge is 0.444 e. The number of nitrogens with zero attached hydrogens (tertiary/aromatic N) is 3. The quantitative estimate of drug-likeness (QED) is 0.279. The zero-order valence-corrected chi connectivity index (χ0v) is 25.1. The number of pyridine rings is 1. The van der Waals surface area contributed by atoms with Crippen LogP contribution >= 0.6 is 11.3 Å². The molecule has 2 aromatic heterocycles. The van der Waals surface area contributed by atoms with Crippen LogP contribution in [0.2, 0.25) is 0 Å². The summed E-state index contributed by atoms with van der Waals surface area (Å²) in [4.78, 5) is 58.0. The summed E-state index contributed by atoms with van der Waals surface area (Å²) < 4.78 is 5.30. The number of likely N-dealkylation sites (N-methyl/N-ethyl adjacent to an activating group) is 1. The molecule has 0 atom stereocenters. The highest BCUT2D eigenvalue weighted by Gasteiger charge is 2.20. The number of hydrogen-bond donors (Lipinski definition) is 2. The van der Waals surface area contributed by atoms with Gasteiger partial charge in [0.25, 0.3) is 0 Å². The monoisotopic (exact) mass is 579 g/mol. The molecule has 11 heteroatoms. The first-order chi connectivity index (χ1) is 19.3. The molecule has 0 fully saturated rings. The second-order valence-electron chi connectivity index (χ2n) is 10.9. The highest BCUT2D eigenvalue weighted by atomic mass is 32.1. The van der Waals surface area contributed by atoms with Gasteiger partial charge in [0, 0.05) is 48.9 Å². The van der Waals surface area contributed by atoms with E-state index in [1.807, 2.05) is 24.4 Å². The third-order valence-corrected chi connectivity index (χ3v) is 6.63. The number of carbonyl (C=O) groups is 4. The summed E-state index contributed by atoms with van der Waals surface area (Å²) in [7, 11) is 3.85. The Morgan fingerprint density at radius 1 is 1.00 bits per heavy atom. The molecule has 10 nitrogen and oxygen atoms in total. The second kappa shape index (κ2) is 14.0. The van der Waals surface area contributed by atoms with Gasteiger partial charge in [0.15, 0.2) is 11.6 Å². The van der Waals surface area contributed by atoms with Crippen LogP contribution in [0.5, 0.6) is 0 Å². The second-order valence-corrected chi connectivity index (χ2v) is 11.6. The number of benzene rings is 1. The van der Waals surface area contributed by atoms with Gasteiger partial charge in [0.2, 0.25) is 0 Å². The topological polar surface area (TPSA) is 121 Å². The molecule has 2 N–H and O–H groups in total. The molecular weight excluding hydrogens is 542 g/mol. The van der Waals surface area contributed by atoms with Crippen LogP contribution in [0.25, 0.3) is 0 Å². The van der Waals surface area contributed by atoms with Crippen LogP contribution in [0.15, 0.2) is 53.4 Å². The fraction of sp³-hybridized carbons (Fsp3) is 0.367. The summed E-state index contributed by atoms with van der Waals surface area (Å²) in [6, 6.07) is 9.92. The average molecular weight is 580 g/mol. The van der Waals surface area contributed by atoms with Crippen LogP contribution in [-0.4, -0.2) is 71.3 Å². The van der Waals surface area contributed by atoms with Crippen molar-refractivity contribution >= 4 is 46.4 Å². The summed E-state index contributed by atoms with van der Waals surface area (Å²) in [6.45, 7) is 8.20. The van der Waals surface area contributed by atoms with Crippen LogP contribution < -0.4 is 10.6 Å². The summed E-state index contributed by atoms with van der Waals surface area (Å²) in [6.07, 6.45) is 1.08. The molecule has 0 aliphatic carbocycles. The predicted molar refractivity (Wildman–Crippen MR) is 161 cm³/mol. The van der Waals surface area contributed by atoms with E-state index in [4.69, 9.17) is 4.74 Å². The zero-order valence-electron chi connectivity index (χ0n) is 24.3. The van der Waals surface area contributed by atoms with Crippen molar-refractivity contribution in [3.05, 3.63) is 75.7 Å². The molecule has 0 unspecified atom stereocenters. The molecule has 218 valence electrons. The molecule has 0 radical (unpaired) electrons. The minimum absolute atomic E-state index is 0.0671. The SMILES string of the molecule is CC(=O)c1cccc(NC(=O)N(CCN(C)C)Cc2ccc(C(=O)Cc3cscc3NC(=O)OC(C)(C)C)nc2)c1. The number of aromatic nitrogens is 1. The minimum atomic E-state index is -0.634. The van der Waals surface area contributed by atoms with E-state index < -0.39 is 11.7 Å².